The molecule has 2 rings (SSSR count). The largest absolute Gasteiger partial charge is 0.480 e. The molecule has 0 radical (unpaired) electrons. The van der Waals surface area contributed by atoms with Crippen molar-refractivity contribution in [3.8, 4) is 0 Å². The molecule has 108 valence electrons. The number of urea groups is 1. The van der Waals surface area contributed by atoms with Gasteiger partial charge in [-0.05, 0) is 50.4 Å². The average molecular weight is 268 g/mol. The summed E-state index contributed by atoms with van der Waals surface area (Å²) in [6.45, 7) is 2.21. The Labute approximate surface area is 114 Å². The lowest BCUT2D eigenvalue weighted by Gasteiger charge is -2.28. The Morgan fingerprint density at radius 1 is 1.16 bits per heavy atom. The fraction of sp³-hybridized carbons (Fsp3) is 0.857. The van der Waals surface area contributed by atoms with E-state index in [1.807, 2.05) is 0 Å². The van der Waals surface area contributed by atoms with Gasteiger partial charge in [-0.2, -0.15) is 0 Å². The van der Waals surface area contributed by atoms with Gasteiger partial charge in [0.15, 0.2) is 0 Å². The van der Waals surface area contributed by atoms with Crippen LogP contribution in [-0.4, -0.2) is 29.2 Å². The van der Waals surface area contributed by atoms with Crippen molar-refractivity contribution in [1.29, 1.82) is 0 Å². The third-order valence-corrected chi connectivity index (χ3v) is 4.41. The van der Waals surface area contributed by atoms with Gasteiger partial charge in [0.2, 0.25) is 0 Å². The predicted molar refractivity (Wildman–Crippen MR) is 71.9 cm³/mol. The summed E-state index contributed by atoms with van der Waals surface area (Å²) in [7, 11) is 0. The highest BCUT2D eigenvalue weighted by atomic mass is 16.4. The van der Waals surface area contributed by atoms with Crippen molar-refractivity contribution < 1.29 is 14.7 Å². The first-order valence-electron chi connectivity index (χ1n) is 7.40. The zero-order valence-electron chi connectivity index (χ0n) is 11.5. The predicted octanol–water partition coefficient (Wildman–Crippen LogP) is 2.12. The Hall–Kier alpha value is -1.26. The van der Waals surface area contributed by atoms with E-state index in [0.29, 0.717) is 0 Å². The Kier molecular flexibility index (Phi) is 4.66. The molecule has 0 aliphatic heterocycles. The number of hydrogen-bond donors (Lipinski definition) is 3. The van der Waals surface area contributed by atoms with E-state index in [-0.39, 0.29) is 18.0 Å². The van der Waals surface area contributed by atoms with Crippen LogP contribution in [0.2, 0.25) is 0 Å². The SMILES string of the molecule is CCC1CCC(NC(=O)NC(C(=O)O)C2CC2)CC1. The Morgan fingerprint density at radius 2 is 1.79 bits per heavy atom. The van der Waals surface area contributed by atoms with Crippen LogP contribution in [0.5, 0.6) is 0 Å². The number of hydrogen-bond acceptors (Lipinski definition) is 2. The van der Waals surface area contributed by atoms with E-state index >= 15 is 0 Å². The molecule has 2 saturated carbocycles. The molecule has 2 amide bonds. The number of rotatable bonds is 5. The monoisotopic (exact) mass is 268 g/mol. The number of carbonyl (C=O) groups excluding carboxylic acids is 1. The highest BCUT2D eigenvalue weighted by Gasteiger charge is 2.37. The number of amides is 2. The van der Waals surface area contributed by atoms with Crippen LogP contribution in [-0.2, 0) is 4.79 Å². The molecule has 19 heavy (non-hydrogen) atoms. The average Bonchev–Trinajstić information content (AvgIpc) is 3.21. The third-order valence-electron chi connectivity index (χ3n) is 4.41. The van der Waals surface area contributed by atoms with E-state index in [2.05, 4.69) is 17.6 Å². The summed E-state index contributed by atoms with van der Waals surface area (Å²) in [4.78, 5) is 22.9. The molecule has 2 aliphatic carbocycles. The molecule has 0 bridgehead atoms. The Bertz CT molecular complexity index is 334. The zero-order chi connectivity index (χ0) is 13.8. The second-order valence-corrected chi connectivity index (χ2v) is 5.90. The molecule has 0 aromatic rings. The van der Waals surface area contributed by atoms with Crippen molar-refractivity contribution in [1.82, 2.24) is 10.6 Å². The summed E-state index contributed by atoms with van der Waals surface area (Å²) in [5.41, 5.74) is 0. The normalized spacial score (nSPS) is 28.5. The van der Waals surface area contributed by atoms with Gasteiger partial charge in [-0.25, -0.2) is 9.59 Å². The number of carboxylic acid groups (broad SMARTS) is 1. The maximum atomic E-state index is 11.8. The van der Waals surface area contributed by atoms with Crippen LogP contribution in [0.15, 0.2) is 0 Å². The van der Waals surface area contributed by atoms with Crippen LogP contribution in [0.25, 0.3) is 0 Å². The fourth-order valence-corrected chi connectivity index (χ4v) is 2.89. The number of aliphatic carboxylic acids is 1. The number of carboxylic acids is 1. The van der Waals surface area contributed by atoms with Crippen molar-refractivity contribution in [3.05, 3.63) is 0 Å². The summed E-state index contributed by atoms with van der Waals surface area (Å²) in [5, 5.41) is 14.6. The van der Waals surface area contributed by atoms with Crippen molar-refractivity contribution in [2.24, 2.45) is 11.8 Å². The van der Waals surface area contributed by atoms with Crippen LogP contribution in [0.4, 0.5) is 4.79 Å². The second kappa shape index (κ2) is 6.26. The van der Waals surface area contributed by atoms with Crippen LogP contribution in [0.3, 0.4) is 0 Å². The molecule has 1 unspecified atom stereocenters. The van der Waals surface area contributed by atoms with Crippen LogP contribution in [0, 0.1) is 11.8 Å². The molecule has 1 atom stereocenters. The minimum absolute atomic E-state index is 0.124. The first-order chi connectivity index (χ1) is 9.10. The fourth-order valence-electron chi connectivity index (χ4n) is 2.89. The third kappa shape index (κ3) is 4.11. The molecule has 5 heteroatoms. The molecule has 0 spiro atoms. The lowest BCUT2D eigenvalue weighted by Crippen LogP contribution is -2.50. The molecule has 2 aliphatic rings. The molecular weight excluding hydrogens is 244 g/mol. The lowest BCUT2D eigenvalue weighted by atomic mass is 9.85. The second-order valence-electron chi connectivity index (χ2n) is 5.90. The Morgan fingerprint density at radius 3 is 2.26 bits per heavy atom. The summed E-state index contributed by atoms with van der Waals surface area (Å²) in [5.74, 6) is -0.00855. The van der Waals surface area contributed by atoms with E-state index in [1.54, 1.807) is 0 Å². The van der Waals surface area contributed by atoms with Gasteiger partial charge in [-0.1, -0.05) is 13.3 Å². The first kappa shape index (κ1) is 14.2. The minimum atomic E-state index is -0.924. The van der Waals surface area contributed by atoms with Gasteiger partial charge in [0, 0.05) is 6.04 Å². The van der Waals surface area contributed by atoms with Crippen molar-refractivity contribution in [2.75, 3.05) is 0 Å². The van der Waals surface area contributed by atoms with Crippen LogP contribution in [0.1, 0.15) is 51.9 Å². The molecule has 2 fully saturated rings. The van der Waals surface area contributed by atoms with Crippen molar-refractivity contribution in [2.45, 2.75) is 64.0 Å². The van der Waals surface area contributed by atoms with Crippen LogP contribution < -0.4 is 10.6 Å². The van der Waals surface area contributed by atoms with E-state index in [0.717, 1.165) is 44.4 Å². The molecule has 5 nitrogen and oxygen atoms in total. The quantitative estimate of drug-likeness (QED) is 0.714. The smallest absolute Gasteiger partial charge is 0.326 e. The van der Waals surface area contributed by atoms with Gasteiger partial charge >= 0.3 is 12.0 Å². The highest BCUT2D eigenvalue weighted by molar-refractivity contribution is 5.83. The zero-order valence-corrected chi connectivity index (χ0v) is 11.5. The molecule has 0 heterocycles. The van der Waals surface area contributed by atoms with Crippen molar-refractivity contribution >= 4 is 12.0 Å². The van der Waals surface area contributed by atoms with Gasteiger partial charge in [-0.15, -0.1) is 0 Å². The van der Waals surface area contributed by atoms with Gasteiger partial charge in [-0.3, -0.25) is 0 Å². The summed E-state index contributed by atoms with van der Waals surface area (Å²) < 4.78 is 0. The Balaban J connectivity index is 1.73. The lowest BCUT2D eigenvalue weighted by molar-refractivity contribution is -0.139. The van der Waals surface area contributed by atoms with Gasteiger partial charge < -0.3 is 15.7 Å². The van der Waals surface area contributed by atoms with E-state index in [9.17, 15) is 9.59 Å². The standard InChI is InChI=1S/C14H24N2O3/c1-2-9-3-7-11(8-4-9)15-14(19)16-12(13(17)18)10-5-6-10/h9-12H,2-8H2,1H3,(H,17,18)(H2,15,16,19). The summed E-state index contributed by atoms with van der Waals surface area (Å²) in [6, 6.07) is -0.831. The molecule has 0 aromatic carbocycles. The van der Waals surface area contributed by atoms with Crippen LogP contribution >= 0.6 is 0 Å². The van der Waals surface area contributed by atoms with Gasteiger partial charge in [0.05, 0.1) is 0 Å². The molecule has 0 aromatic heterocycles. The summed E-state index contributed by atoms with van der Waals surface area (Å²) >= 11 is 0. The number of carbonyl (C=O) groups is 2. The topological polar surface area (TPSA) is 78.4 Å². The summed E-state index contributed by atoms with van der Waals surface area (Å²) in [6.07, 6.45) is 7.35. The molecular formula is C14H24N2O3. The first-order valence-corrected chi connectivity index (χ1v) is 7.40. The maximum absolute atomic E-state index is 11.8. The number of nitrogens with one attached hydrogen (secondary N) is 2. The minimum Gasteiger partial charge on any atom is -0.480 e. The van der Waals surface area contributed by atoms with Gasteiger partial charge in [0.1, 0.15) is 6.04 Å². The molecule has 0 saturated heterocycles. The maximum Gasteiger partial charge on any atom is 0.326 e. The molecule has 3 N–H and O–H groups in total. The van der Waals surface area contributed by atoms with Gasteiger partial charge in [0.25, 0.3) is 0 Å². The highest BCUT2D eigenvalue weighted by Crippen LogP contribution is 2.32. The van der Waals surface area contributed by atoms with E-state index in [4.69, 9.17) is 5.11 Å². The van der Waals surface area contributed by atoms with Crippen molar-refractivity contribution in [3.63, 3.8) is 0 Å². The van der Waals surface area contributed by atoms with E-state index in [1.165, 1.54) is 6.42 Å². The van der Waals surface area contributed by atoms with E-state index < -0.39 is 12.0 Å².